The van der Waals surface area contributed by atoms with Crippen molar-refractivity contribution in [2.75, 3.05) is 21.3 Å². The summed E-state index contributed by atoms with van der Waals surface area (Å²) in [5, 5.41) is 1.00. The van der Waals surface area contributed by atoms with Crippen molar-refractivity contribution in [3.8, 4) is 11.5 Å². The molecule has 1 aromatic heterocycles. The predicted molar refractivity (Wildman–Crippen MR) is 106 cm³/mol. The molecule has 1 atom stereocenters. The average molecular weight is 375 g/mol. The molecule has 0 radical (unpaired) electrons. The van der Waals surface area contributed by atoms with Crippen molar-refractivity contribution in [3.63, 3.8) is 0 Å². The molecule has 2 aromatic rings. The molecule has 140 valence electrons. The second-order valence-electron chi connectivity index (χ2n) is 6.14. The summed E-state index contributed by atoms with van der Waals surface area (Å²) in [4.78, 5) is 20.4. The molecule has 1 unspecified atom stereocenters. The van der Waals surface area contributed by atoms with Crippen LogP contribution >= 0.6 is 11.3 Å². The number of rotatable bonds is 7. The lowest BCUT2D eigenvalue weighted by Gasteiger charge is -2.25. The van der Waals surface area contributed by atoms with Crippen molar-refractivity contribution in [1.29, 1.82) is 0 Å². The number of aryl methyl sites for hydroxylation is 2. The highest BCUT2D eigenvalue weighted by atomic mass is 32.1. The van der Waals surface area contributed by atoms with Crippen molar-refractivity contribution in [2.24, 2.45) is 0 Å². The van der Waals surface area contributed by atoms with Crippen LogP contribution in [0.15, 0.2) is 24.8 Å². The van der Waals surface area contributed by atoms with Crippen LogP contribution in [0.4, 0.5) is 0 Å². The Morgan fingerprint density at radius 2 is 2.04 bits per heavy atom. The molecule has 0 aliphatic carbocycles. The highest BCUT2D eigenvalue weighted by Gasteiger charge is 2.24. The molecule has 0 fully saturated rings. The first-order valence-corrected chi connectivity index (χ1v) is 9.22. The van der Waals surface area contributed by atoms with E-state index < -0.39 is 0 Å². The minimum Gasteiger partial charge on any atom is -0.493 e. The van der Waals surface area contributed by atoms with E-state index in [-0.39, 0.29) is 11.9 Å². The van der Waals surface area contributed by atoms with E-state index in [4.69, 9.17) is 9.47 Å². The maximum atomic E-state index is 13.1. The molecule has 0 aliphatic heterocycles. The molecule has 6 heteroatoms. The van der Waals surface area contributed by atoms with Crippen LogP contribution in [0.25, 0.3) is 0 Å². The summed E-state index contributed by atoms with van der Waals surface area (Å²) >= 11 is 1.63. The lowest BCUT2D eigenvalue weighted by Crippen LogP contribution is -2.29. The van der Waals surface area contributed by atoms with Gasteiger partial charge in [0.15, 0.2) is 11.5 Å². The number of thiazole rings is 1. The Labute approximate surface area is 159 Å². The van der Waals surface area contributed by atoms with Crippen LogP contribution in [0, 0.1) is 13.8 Å². The summed E-state index contributed by atoms with van der Waals surface area (Å²) in [7, 11) is 4.97. The summed E-state index contributed by atoms with van der Waals surface area (Å²) in [5.74, 6) is 1.10. The zero-order valence-corrected chi connectivity index (χ0v) is 17.1. The lowest BCUT2D eigenvalue weighted by molar-refractivity contribution is 0.0744. The van der Waals surface area contributed by atoms with Gasteiger partial charge in [-0.1, -0.05) is 6.08 Å². The fourth-order valence-electron chi connectivity index (χ4n) is 2.96. The summed E-state index contributed by atoms with van der Waals surface area (Å²) in [6.07, 6.45) is 2.37. The van der Waals surface area contributed by atoms with Crippen molar-refractivity contribution < 1.29 is 14.3 Å². The number of carbonyl (C=O) groups excluding carboxylic acids is 1. The molecular weight excluding hydrogens is 348 g/mol. The van der Waals surface area contributed by atoms with Crippen molar-refractivity contribution in [3.05, 3.63) is 51.5 Å². The Balaban J connectivity index is 2.40. The van der Waals surface area contributed by atoms with Gasteiger partial charge in [0.2, 0.25) is 0 Å². The number of hydrogen-bond donors (Lipinski definition) is 0. The van der Waals surface area contributed by atoms with Crippen LogP contribution in [0.3, 0.4) is 0 Å². The largest absolute Gasteiger partial charge is 0.493 e. The van der Waals surface area contributed by atoms with E-state index in [0.29, 0.717) is 23.5 Å². The third kappa shape index (κ3) is 3.90. The van der Waals surface area contributed by atoms with Crippen LogP contribution < -0.4 is 9.47 Å². The van der Waals surface area contributed by atoms with Gasteiger partial charge in [0, 0.05) is 23.1 Å². The van der Waals surface area contributed by atoms with E-state index in [1.807, 2.05) is 33.9 Å². The zero-order chi connectivity index (χ0) is 19.4. The van der Waals surface area contributed by atoms with Crippen LogP contribution in [-0.4, -0.2) is 37.1 Å². The number of carbonyl (C=O) groups is 1. The van der Waals surface area contributed by atoms with E-state index in [1.54, 1.807) is 42.6 Å². The van der Waals surface area contributed by atoms with Gasteiger partial charge in [0.25, 0.3) is 5.91 Å². The SMILES string of the molecule is C=CCc1cc(C(=O)N(C)C(C)c2sc(C)nc2C)cc(OC)c1OC. The number of ether oxygens (including phenoxy) is 2. The number of allylic oxidation sites excluding steroid dienone is 1. The second kappa shape index (κ2) is 8.36. The second-order valence-corrected chi connectivity index (χ2v) is 7.37. The minimum atomic E-state index is -0.0748. The highest BCUT2D eigenvalue weighted by Crippen LogP contribution is 2.35. The monoisotopic (exact) mass is 374 g/mol. The Hall–Kier alpha value is -2.34. The maximum absolute atomic E-state index is 13.1. The lowest BCUT2D eigenvalue weighted by atomic mass is 10.0. The van der Waals surface area contributed by atoms with Crippen LogP contribution in [0.5, 0.6) is 11.5 Å². The fraction of sp³-hybridized carbons (Fsp3) is 0.400. The first-order valence-electron chi connectivity index (χ1n) is 8.40. The molecule has 1 amide bonds. The molecule has 0 bridgehead atoms. The van der Waals surface area contributed by atoms with Crippen LogP contribution in [-0.2, 0) is 6.42 Å². The molecule has 0 saturated heterocycles. The molecular formula is C20H26N2O3S. The summed E-state index contributed by atoms with van der Waals surface area (Å²) < 4.78 is 10.9. The van der Waals surface area contributed by atoms with E-state index in [1.165, 1.54) is 0 Å². The molecule has 1 heterocycles. The topological polar surface area (TPSA) is 51.7 Å². The first-order chi connectivity index (χ1) is 12.3. The van der Waals surface area contributed by atoms with Crippen molar-refractivity contribution in [2.45, 2.75) is 33.2 Å². The van der Waals surface area contributed by atoms with Gasteiger partial charge >= 0.3 is 0 Å². The smallest absolute Gasteiger partial charge is 0.254 e. The van der Waals surface area contributed by atoms with Crippen molar-refractivity contribution >= 4 is 17.2 Å². The molecule has 1 aromatic carbocycles. The van der Waals surface area contributed by atoms with Gasteiger partial charge in [0.1, 0.15) is 0 Å². The van der Waals surface area contributed by atoms with Crippen LogP contribution in [0.1, 0.15) is 44.5 Å². The summed E-state index contributed by atoms with van der Waals surface area (Å²) in [6.45, 7) is 9.75. The molecule has 5 nitrogen and oxygen atoms in total. The molecule has 0 saturated carbocycles. The van der Waals surface area contributed by atoms with Gasteiger partial charge in [-0.25, -0.2) is 4.98 Å². The highest BCUT2D eigenvalue weighted by molar-refractivity contribution is 7.11. The van der Waals surface area contributed by atoms with E-state index in [0.717, 1.165) is 21.1 Å². The quantitative estimate of drug-likeness (QED) is 0.677. The van der Waals surface area contributed by atoms with Gasteiger partial charge in [0.05, 0.1) is 31.0 Å². The normalized spacial score (nSPS) is 11.8. The number of methoxy groups -OCH3 is 2. The van der Waals surface area contributed by atoms with Crippen molar-refractivity contribution in [1.82, 2.24) is 9.88 Å². The van der Waals surface area contributed by atoms with E-state index >= 15 is 0 Å². The Morgan fingerprint density at radius 1 is 1.35 bits per heavy atom. The number of hydrogen-bond acceptors (Lipinski definition) is 5. The fourth-order valence-corrected chi connectivity index (χ4v) is 3.99. The Kier molecular flexibility index (Phi) is 6.42. The van der Waals surface area contributed by atoms with Gasteiger partial charge in [-0.05, 0) is 39.3 Å². The summed E-state index contributed by atoms with van der Waals surface area (Å²) in [5.41, 5.74) is 2.41. The van der Waals surface area contributed by atoms with E-state index in [2.05, 4.69) is 11.6 Å². The predicted octanol–water partition coefficient (Wildman–Crippen LogP) is 4.34. The minimum absolute atomic E-state index is 0.0651. The molecule has 26 heavy (non-hydrogen) atoms. The molecule has 0 spiro atoms. The van der Waals surface area contributed by atoms with E-state index in [9.17, 15) is 4.79 Å². The van der Waals surface area contributed by atoms with Crippen LogP contribution in [0.2, 0.25) is 0 Å². The molecule has 0 aliphatic rings. The third-order valence-electron chi connectivity index (χ3n) is 4.39. The Bertz CT molecular complexity index is 814. The molecule has 2 rings (SSSR count). The Morgan fingerprint density at radius 3 is 2.54 bits per heavy atom. The van der Waals surface area contributed by atoms with Gasteiger partial charge < -0.3 is 14.4 Å². The summed E-state index contributed by atoms with van der Waals surface area (Å²) in [6, 6.07) is 3.51. The standard InChI is InChI=1S/C20H26N2O3S/c1-8-9-15-10-16(11-17(24-6)18(15)25-7)20(23)22(5)13(3)19-12(2)21-14(4)26-19/h8,10-11,13H,1,9H2,2-7H3. The zero-order valence-electron chi connectivity index (χ0n) is 16.3. The van der Waals surface area contributed by atoms with Gasteiger partial charge in [-0.15, -0.1) is 17.9 Å². The third-order valence-corrected chi connectivity index (χ3v) is 5.63. The van der Waals surface area contributed by atoms with Gasteiger partial charge in [-0.2, -0.15) is 0 Å². The number of benzene rings is 1. The average Bonchev–Trinajstić information content (AvgIpc) is 2.97. The number of amides is 1. The first kappa shape index (κ1) is 20.0. The number of nitrogens with zero attached hydrogens (tertiary/aromatic N) is 2. The van der Waals surface area contributed by atoms with Gasteiger partial charge in [-0.3, -0.25) is 4.79 Å². The molecule has 0 N–H and O–H groups in total. The maximum Gasteiger partial charge on any atom is 0.254 e. The number of aromatic nitrogens is 1.